The van der Waals surface area contributed by atoms with Crippen molar-refractivity contribution in [3.8, 4) is 0 Å². The van der Waals surface area contributed by atoms with Crippen molar-refractivity contribution in [2.45, 2.75) is 18.8 Å². The van der Waals surface area contributed by atoms with Crippen molar-refractivity contribution in [1.82, 2.24) is 20.3 Å². The van der Waals surface area contributed by atoms with Crippen LogP contribution in [0.25, 0.3) is 11.0 Å². The Morgan fingerprint density at radius 2 is 2.12 bits per heavy atom. The van der Waals surface area contributed by atoms with E-state index in [1.54, 1.807) is 12.1 Å². The molecule has 128 valence electrons. The van der Waals surface area contributed by atoms with Crippen LogP contribution in [-0.2, 0) is 0 Å². The summed E-state index contributed by atoms with van der Waals surface area (Å²) in [4.78, 5) is 13.3. The second kappa shape index (κ2) is 6.90. The fraction of sp³-hybridized carbons (Fsp3) is 0.278. The highest BCUT2D eigenvalue weighted by molar-refractivity contribution is 6.31. The number of hydrogen-bond acceptors (Lipinski definition) is 5. The fourth-order valence-electron chi connectivity index (χ4n) is 3.11. The van der Waals surface area contributed by atoms with Gasteiger partial charge in [-0.05, 0) is 43.7 Å². The highest BCUT2D eigenvalue weighted by atomic mass is 35.5. The van der Waals surface area contributed by atoms with E-state index in [0.29, 0.717) is 22.8 Å². The third-order valence-electron chi connectivity index (χ3n) is 4.42. The van der Waals surface area contributed by atoms with Crippen LogP contribution in [-0.4, -0.2) is 28.0 Å². The van der Waals surface area contributed by atoms with E-state index in [2.05, 4.69) is 20.6 Å². The summed E-state index contributed by atoms with van der Waals surface area (Å²) in [6, 6.07) is 8.75. The Labute approximate surface area is 149 Å². The Hall–Kier alpha value is -2.31. The molecule has 1 aromatic carbocycles. The predicted molar refractivity (Wildman–Crippen MR) is 96.9 cm³/mol. The number of nitrogens with zero attached hydrogens (tertiary/aromatic N) is 3. The molecule has 0 unspecified atom stereocenters. The van der Waals surface area contributed by atoms with Gasteiger partial charge in [-0.2, -0.15) is 0 Å². The lowest BCUT2D eigenvalue weighted by Crippen LogP contribution is -2.28. The first-order valence-electron chi connectivity index (χ1n) is 8.26. The minimum Gasteiger partial charge on any atom is -0.336 e. The summed E-state index contributed by atoms with van der Waals surface area (Å²) in [5.41, 5.74) is 2.61. The van der Waals surface area contributed by atoms with E-state index in [4.69, 9.17) is 16.6 Å². The van der Waals surface area contributed by atoms with Crippen LogP contribution in [0.4, 0.5) is 15.9 Å². The Bertz CT molecular complexity index is 911. The second-order valence-electron chi connectivity index (χ2n) is 6.10. The van der Waals surface area contributed by atoms with Crippen LogP contribution in [0, 0.1) is 5.82 Å². The van der Waals surface area contributed by atoms with E-state index in [-0.39, 0.29) is 10.7 Å². The van der Waals surface area contributed by atoms with Gasteiger partial charge < -0.3 is 10.6 Å². The lowest BCUT2D eigenvalue weighted by molar-refractivity contribution is 0.455. The summed E-state index contributed by atoms with van der Waals surface area (Å²) in [6.45, 7) is 1.96. The molecule has 0 saturated carbocycles. The summed E-state index contributed by atoms with van der Waals surface area (Å²) in [6.07, 6.45) is 3.68. The van der Waals surface area contributed by atoms with Crippen molar-refractivity contribution in [3.05, 3.63) is 53.2 Å². The molecular weight excluding hydrogens is 341 g/mol. The Morgan fingerprint density at radius 1 is 1.20 bits per heavy atom. The number of aromatic nitrogens is 3. The summed E-state index contributed by atoms with van der Waals surface area (Å²) in [5, 5.41) is 6.46. The van der Waals surface area contributed by atoms with Gasteiger partial charge in [0.05, 0.1) is 16.2 Å². The van der Waals surface area contributed by atoms with Crippen LogP contribution in [0.5, 0.6) is 0 Å². The van der Waals surface area contributed by atoms with Gasteiger partial charge in [-0.15, -0.1) is 0 Å². The molecule has 1 saturated heterocycles. The molecule has 25 heavy (non-hydrogen) atoms. The third kappa shape index (κ3) is 3.27. The minimum atomic E-state index is -0.511. The lowest BCUT2D eigenvalue weighted by Gasteiger charge is -2.22. The van der Waals surface area contributed by atoms with Gasteiger partial charge in [-0.25, -0.2) is 19.3 Å². The number of fused-ring (bicyclic) bond motifs is 1. The normalized spacial score (nSPS) is 17.6. The number of piperidine rings is 1. The summed E-state index contributed by atoms with van der Waals surface area (Å²) >= 11 is 5.85. The van der Waals surface area contributed by atoms with Gasteiger partial charge in [0.25, 0.3) is 0 Å². The standard InChI is InChI=1S/C18H17ClFN5/c19-12-4-1-5-14(16(12)20)25-18-17-15(22-10-23-18)7-6-13(24-17)11-3-2-8-21-9-11/h1,4-7,10-11,21H,2-3,8-9H2,(H,22,23,25)/t11-/m1/s1. The molecule has 3 aromatic rings. The van der Waals surface area contributed by atoms with Crippen molar-refractivity contribution in [2.75, 3.05) is 18.4 Å². The van der Waals surface area contributed by atoms with Gasteiger partial charge >= 0.3 is 0 Å². The molecule has 1 aliphatic heterocycles. The number of hydrogen-bond donors (Lipinski definition) is 2. The molecule has 0 spiro atoms. The molecule has 2 aromatic heterocycles. The zero-order valence-corrected chi connectivity index (χ0v) is 14.2. The first kappa shape index (κ1) is 16.2. The fourth-order valence-corrected chi connectivity index (χ4v) is 3.28. The lowest BCUT2D eigenvalue weighted by atomic mass is 9.95. The average Bonchev–Trinajstić information content (AvgIpc) is 2.66. The summed E-state index contributed by atoms with van der Waals surface area (Å²) in [5.74, 6) is 0.328. The van der Waals surface area contributed by atoms with Crippen molar-refractivity contribution < 1.29 is 4.39 Å². The summed E-state index contributed by atoms with van der Waals surface area (Å²) < 4.78 is 14.2. The smallest absolute Gasteiger partial charge is 0.165 e. The van der Waals surface area contributed by atoms with Crippen LogP contribution in [0.2, 0.25) is 5.02 Å². The zero-order valence-electron chi connectivity index (χ0n) is 13.5. The van der Waals surface area contributed by atoms with E-state index < -0.39 is 5.82 Å². The third-order valence-corrected chi connectivity index (χ3v) is 4.72. The van der Waals surface area contributed by atoms with Gasteiger partial charge in [0.2, 0.25) is 0 Å². The van der Waals surface area contributed by atoms with Crippen molar-refractivity contribution in [2.24, 2.45) is 0 Å². The van der Waals surface area contributed by atoms with E-state index in [9.17, 15) is 4.39 Å². The van der Waals surface area contributed by atoms with E-state index in [1.165, 1.54) is 12.4 Å². The van der Waals surface area contributed by atoms with Crippen molar-refractivity contribution in [1.29, 1.82) is 0 Å². The van der Waals surface area contributed by atoms with Crippen LogP contribution in [0.15, 0.2) is 36.7 Å². The Kier molecular flexibility index (Phi) is 4.46. The molecule has 3 heterocycles. The van der Waals surface area contributed by atoms with Gasteiger partial charge in [0.1, 0.15) is 11.8 Å². The number of pyridine rings is 1. The first-order chi connectivity index (χ1) is 12.2. The Morgan fingerprint density at radius 3 is 2.96 bits per heavy atom. The van der Waals surface area contributed by atoms with E-state index >= 15 is 0 Å². The topological polar surface area (TPSA) is 62.7 Å². The molecule has 0 amide bonds. The highest BCUT2D eigenvalue weighted by Crippen LogP contribution is 2.29. The van der Waals surface area contributed by atoms with Gasteiger partial charge in [0, 0.05) is 18.2 Å². The second-order valence-corrected chi connectivity index (χ2v) is 6.50. The molecule has 0 bridgehead atoms. The molecule has 0 aliphatic carbocycles. The molecule has 1 aliphatic rings. The summed E-state index contributed by atoms with van der Waals surface area (Å²) in [7, 11) is 0. The van der Waals surface area contributed by atoms with Gasteiger partial charge in [0.15, 0.2) is 11.6 Å². The molecule has 1 atom stereocenters. The molecule has 7 heteroatoms. The SMILES string of the molecule is Fc1c(Cl)cccc1Nc1ncnc2ccc([C@@H]3CCCNC3)nc12. The Balaban J connectivity index is 1.74. The number of nitrogens with one attached hydrogen (secondary N) is 2. The largest absolute Gasteiger partial charge is 0.336 e. The monoisotopic (exact) mass is 357 g/mol. The quantitative estimate of drug-likeness (QED) is 0.741. The number of anilines is 2. The van der Waals surface area contributed by atoms with Crippen LogP contribution in [0.3, 0.4) is 0 Å². The highest BCUT2D eigenvalue weighted by Gasteiger charge is 2.18. The molecule has 4 rings (SSSR count). The van der Waals surface area contributed by atoms with E-state index in [0.717, 1.165) is 31.6 Å². The minimum absolute atomic E-state index is 0.0605. The number of halogens is 2. The molecule has 5 nitrogen and oxygen atoms in total. The van der Waals surface area contributed by atoms with Gasteiger partial charge in [-0.3, -0.25) is 0 Å². The van der Waals surface area contributed by atoms with Crippen LogP contribution >= 0.6 is 11.6 Å². The molecule has 1 fully saturated rings. The first-order valence-corrected chi connectivity index (χ1v) is 8.63. The average molecular weight is 358 g/mol. The van der Waals surface area contributed by atoms with Crippen molar-refractivity contribution >= 4 is 34.1 Å². The van der Waals surface area contributed by atoms with Crippen molar-refractivity contribution in [3.63, 3.8) is 0 Å². The maximum Gasteiger partial charge on any atom is 0.165 e. The molecule has 2 N–H and O–H groups in total. The zero-order chi connectivity index (χ0) is 17.2. The maximum atomic E-state index is 14.2. The van der Waals surface area contributed by atoms with Crippen LogP contribution in [0.1, 0.15) is 24.5 Å². The molecular formula is C18H17ClFN5. The van der Waals surface area contributed by atoms with E-state index in [1.807, 2.05) is 12.1 Å². The predicted octanol–water partition coefficient (Wildman–Crippen LogP) is 4.03. The number of rotatable bonds is 3. The van der Waals surface area contributed by atoms with Crippen LogP contribution < -0.4 is 10.6 Å². The maximum absolute atomic E-state index is 14.2. The number of benzene rings is 1. The van der Waals surface area contributed by atoms with Gasteiger partial charge in [-0.1, -0.05) is 17.7 Å². The molecule has 0 radical (unpaired) electrons.